The SMILES string of the molecule is Cc1ccc(NC(=O)[C@@H]2[C@H](C(=O)O)[C@H]3C=C[C@H]2O3)nc1. The fourth-order valence-corrected chi connectivity index (χ4v) is 2.67. The molecule has 0 aliphatic carbocycles. The fraction of sp³-hybridized carbons (Fsp3) is 0.357. The van der Waals surface area contributed by atoms with Crippen molar-refractivity contribution in [2.24, 2.45) is 11.8 Å². The van der Waals surface area contributed by atoms with E-state index >= 15 is 0 Å². The van der Waals surface area contributed by atoms with Crippen molar-refractivity contribution < 1.29 is 19.4 Å². The van der Waals surface area contributed by atoms with Crippen molar-refractivity contribution >= 4 is 17.7 Å². The van der Waals surface area contributed by atoms with Crippen LogP contribution in [0.3, 0.4) is 0 Å². The van der Waals surface area contributed by atoms with Gasteiger partial charge in [0.05, 0.1) is 18.1 Å². The van der Waals surface area contributed by atoms with Crippen molar-refractivity contribution in [2.75, 3.05) is 5.32 Å². The van der Waals surface area contributed by atoms with Gasteiger partial charge in [-0.3, -0.25) is 9.59 Å². The van der Waals surface area contributed by atoms with Gasteiger partial charge in [0, 0.05) is 6.20 Å². The maximum Gasteiger partial charge on any atom is 0.310 e. The van der Waals surface area contributed by atoms with Crippen LogP contribution in [0.1, 0.15) is 5.56 Å². The van der Waals surface area contributed by atoms with Crippen LogP contribution in [0.15, 0.2) is 30.5 Å². The highest BCUT2D eigenvalue weighted by Crippen LogP contribution is 2.39. The van der Waals surface area contributed by atoms with E-state index in [1.54, 1.807) is 24.4 Å². The molecule has 2 aliphatic rings. The van der Waals surface area contributed by atoms with Crippen LogP contribution in [-0.4, -0.2) is 34.2 Å². The summed E-state index contributed by atoms with van der Waals surface area (Å²) in [4.78, 5) is 27.7. The summed E-state index contributed by atoms with van der Waals surface area (Å²) in [5.41, 5.74) is 0.984. The first-order chi connectivity index (χ1) is 9.56. The first-order valence-corrected chi connectivity index (χ1v) is 6.36. The van der Waals surface area contributed by atoms with Gasteiger partial charge in [0.25, 0.3) is 0 Å². The number of hydrogen-bond donors (Lipinski definition) is 2. The quantitative estimate of drug-likeness (QED) is 0.802. The average molecular weight is 274 g/mol. The van der Waals surface area contributed by atoms with Gasteiger partial charge >= 0.3 is 5.97 Å². The Morgan fingerprint density at radius 1 is 1.25 bits per heavy atom. The van der Waals surface area contributed by atoms with Crippen molar-refractivity contribution in [3.8, 4) is 0 Å². The molecule has 1 saturated heterocycles. The number of rotatable bonds is 3. The van der Waals surface area contributed by atoms with Crippen LogP contribution >= 0.6 is 0 Å². The molecule has 20 heavy (non-hydrogen) atoms. The zero-order valence-corrected chi connectivity index (χ0v) is 10.8. The minimum absolute atomic E-state index is 0.370. The van der Waals surface area contributed by atoms with Crippen molar-refractivity contribution in [1.29, 1.82) is 0 Å². The summed E-state index contributed by atoms with van der Waals surface area (Å²) in [6.07, 6.45) is 4.11. The Morgan fingerprint density at radius 2 is 1.95 bits per heavy atom. The predicted octanol–water partition coefficient (Wildman–Crippen LogP) is 0.983. The number of anilines is 1. The molecule has 1 aromatic rings. The number of pyridine rings is 1. The van der Waals surface area contributed by atoms with Crippen LogP contribution in [0.25, 0.3) is 0 Å². The summed E-state index contributed by atoms with van der Waals surface area (Å²) in [5, 5.41) is 11.9. The van der Waals surface area contributed by atoms with E-state index in [-0.39, 0.29) is 5.91 Å². The molecule has 1 aromatic heterocycles. The second-order valence-corrected chi connectivity index (χ2v) is 5.05. The van der Waals surface area contributed by atoms with E-state index in [1.807, 2.05) is 13.0 Å². The van der Waals surface area contributed by atoms with Gasteiger partial charge in [-0.2, -0.15) is 0 Å². The molecule has 104 valence electrons. The molecule has 2 N–H and O–H groups in total. The first-order valence-electron chi connectivity index (χ1n) is 6.36. The fourth-order valence-electron chi connectivity index (χ4n) is 2.67. The van der Waals surface area contributed by atoms with Crippen LogP contribution in [0.4, 0.5) is 5.82 Å². The molecule has 2 bridgehead atoms. The Hall–Kier alpha value is -2.21. The highest BCUT2D eigenvalue weighted by atomic mass is 16.5. The molecule has 6 heteroatoms. The highest BCUT2D eigenvalue weighted by Gasteiger charge is 2.53. The van der Waals surface area contributed by atoms with Gasteiger partial charge in [0.1, 0.15) is 11.7 Å². The number of carboxylic acids is 1. The third-order valence-corrected chi connectivity index (χ3v) is 3.65. The molecule has 0 aromatic carbocycles. The number of fused-ring (bicyclic) bond motifs is 2. The van der Waals surface area contributed by atoms with Crippen molar-refractivity contribution in [1.82, 2.24) is 4.98 Å². The number of aryl methyl sites for hydroxylation is 1. The van der Waals surface area contributed by atoms with Gasteiger partial charge in [-0.05, 0) is 18.6 Å². The Bertz CT molecular complexity index is 581. The van der Waals surface area contributed by atoms with E-state index < -0.39 is 30.0 Å². The first kappa shape index (κ1) is 12.8. The zero-order valence-electron chi connectivity index (χ0n) is 10.8. The summed E-state index contributed by atoms with van der Waals surface area (Å²) in [5.74, 6) is -2.53. The lowest BCUT2D eigenvalue weighted by atomic mass is 9.82. The van der Waals surface area contributed by atoms with E-state index in [2.05, 4.69) is 10.3 Å². The number of ether oxygens (including phenoxy) is 1. The molecule has 0 saturated carbocycles. The minimum atomic E-state index is -1.01. The van der Waals surface area contributed by atoms with Gasteiger partial charge in [-0.15, -0.1) is 0 Å². The lowest BCUT2D eigenvalue weighted by Gasteiger charge is -2.20. The molecule has 3 rings (SSSR count). The van der Waals surface area contributed by atoms with E-state index in [9.17, 15) is 14.7 Å². The zero-order chi connectivity index (χ0) is 14.3. The number of carboxylic acid groups (broad SMARTS) is 1. The molecule has 0 unspecified atom stereocenters. The van der Waals surface area contributed by atoms with Gasteiger partial charge in [-0.25, -0.2) is 4.98 Å². The Balaban J connectivity index is 1.78. The Labute approximate surface area is 115 Å². The molecule has 4 atom stereocenters. The maximum absolute atomic E-state index is 12.3. The smallest absolute Gasteiger partial charge is 0.310 e. The van der Waals surface area contributed by atoms with Crippen LogP contribution in [0, 0.1) is 18.8 Å². The van der Waals surface area contributed by atoms with Crippen LogP contribution in [-0.2, 0) is 14.3 Å². The van der Waals surface area contributed by atoms with Crippen LogP contribution in [0.5, 0.6) is 0 Å². The van der Waals surface area contributed by atoms with E-state index in [1.165, 1.54) is 0 Å². The van der Waals surface area contributed by atoms with E-state index in [4.69, 9.17) is 4.74 Å². The summed E-state index contributed by atoms with van der Waals surface area (Å²) in [7, 11) is 0. The maximum atomic E-state index is 12.3. The molecule has 3 heterocycles. The third kappa shape index (κ3) is 2.08. The largest absolute Gasteiger partial charge is 0.481 e. The van der Waals surface area contributed by atoms with Gasteiger partial charge in [0.2, 0.25) is 5.91 Å². The van der Waals surface area contributed by atoms with E-state index in [0.717, 1.165) is 5.56 Å². The lowest BCUT2D eigenvalue weighted by Crippen LogP contribution is -2.39. The predicted molar refractivity (Wildman–Crippen MR) is 70.0 cm³/mol. The Kier molecular flexibility index (Phi) is 3.02. The Morgan fingerprint density at radius 3 is 2.55 bits per heavy atom. The molecule has 0 radical (unpaired) electrons. The van der Waals surface area contributed by atoms with Gasteiger partial charge in [-0.1, -0.05) is 18.2 Å². The molecular weight excluding hydrogens is 260 g/mol. The number of aromatic nitrogens is 1. The highest BCUT2D eigenvalue weighted by molar-refractivity contribution is 5.96. The lowest BCUT2D eigenvalue weighted by molar-refractivity contribution is -0.145. The minimum Gasteiger partial charge on any atom is -0.481 e. The number of carbonyl (C=O) groups is 2. The molecule has 1 amide bonds. The molecule has 0 spiro atoms. The van der Waals surface area contributed by atoms with Crippen LogP contribution < -0.4 is 5.32 Å². The number of nitrogens with one attached hydrogen (secondary N) is 1. The average Bonchev–Trinajstić information content (AvgIpc) is 3.01. The standard InChI is InChI=1S/C14H14N2O4/c1-7-2-5-10(15-6-7)16-13(17)11-8-3-4-9(20-8)12(11)14(18)19/h2-6,8-9,11-12H,1H3,(H,18,19)(H,15,16,17)/t8-,9-,11+,12-/m1/s1. The van der Waals surface area contributed by atoms with E-state index in [0.29, 0.717) is 5.82 Å². The molecular formula is C14H14N2O4. The molecule has 1 fully saturated rings. The van der Waals surface area contributed by atoms with Crippen molar-refractivity contribution in [3.05, 3.63) is 36.0 Å². The topological polar surface area (TPSA) is 88.5 Å². The third-order valence-electron chi connectivity index (χ3n) is 3.65. The summed E-state index contributed by atoms with van der Waals surface area (Å²) in [6.45, 7) is 1.90. The van der Waals surface area contributed by atoms with Crippen molar-refractivity contribution in [2.45, 2.75) is 19.1 Å². The second-order valence-electron chi connectivity index (χ2n) is 5.05. The second kappa shape index (κ2) is 4.72. The summed E-state index contributed by atoms with van der Waals surface area (Å²) >= 11 is 0. The van der Waals surface area contributed by atoms with Gasteiger partial charge < -0.3 is 15.2 Å². The number of amides is 1. The number of hydrogen-bond acceptors (Lipinski definition) is 4. The molecule has 6 nitrogen and oxygen atoms in total. The normalized spacial score (nSPS) is 30.4. The summed E-state index contributed by atoms with van der Waals surface area (Å²) < 4.78 is 5.46. The van der Waals surface area contributed by atoms with Crippen molar-refractivity contribution in [3.63, 3.8) is 0 Å². The summed E-state index contributed by atoms with van der Waals surface area (Å²) in [6, 6.07) is 3.52. The van der Waals surface area contributed by atoms with Gasteiger partial charge in [0.15, 0.2) is 0 Å². The monoisotopic (exact) mass is 274 g/mol. The number of aliphatic carboxylic acids is 1. The number of nitrogens with zero attached hydrogens (tertiary/aromatic N) is 1. The van der Waals surface area contributed by atoms with Crippen LogP contribution in [0.2, 0.25) is 0 Å². The molecule has 2 aliphatic heterocycles. The number of carbonyl (C=O) groups excluding carboxylic acids is 1.